The maximum atomic E-state index is 13.2. The van der Waals surface area contributed by atoms with Crippen LogP contribution in [0.25, 0.3) is 0 Å². The number of rotatable bonds is 6. The maximum Gasteiger partial charge on any atom is 0.254 e. The number of hydrogen-bond donors (Lipinski definition) is 1. The van der Waals surface area contributed by atoms with Gasteiger partial charge in [-0.1, -0.05) is 44.2 Å². The average Bonchev–Trinajstić information content (AvgIpc) is 3.15. The zero-order valence-electron chi connectivity index (χ0n) is 15.1. The Bertz CT molecular complexity index is 798. The van der Waals surface area contributed by atoms with Crippen molar-refractivity contribution in [3.63, 3.8) is 0 Å². The SMILES string of the molecule is C=CCNC(=O)[C@H]1c2ccccc2C(=O)N(CC(C)C)[C@@H]1c1cccs1. The van der Waals surface area contributed by atoms with E-state index in [2.05, 4.69) is 25.7 Å². The molecule has 1 aromatic heterocycles. The number of carbonyl (C=O) groups excluding carboxylic acids is 2. The Hall–Kier alpha value is -2.40. The molecule has 1 aliphatic rings. The van der Waals surface area contributed by atoms with Crippen LogP contribution in [0.5, 0.6) is 0 Å². The third kappa shape index (κ3) is 3.44. The molecule has 3 rings (SSSR count). The molecule has 1 aromatic carbocycles. The van der Waals surface area contributed by atoms with Gasteiger partial charge < -0.3 is 10.2 Å². The lowest BCUT2D eigenvalue weighted by Gasteiger charge is -2.42. The number of thiophene rings is 1. The molecule has 26 heavy (non-hydrogen) atoms. The second-order valence-corrected chi connectivity index (χ2v) is 7.89. The summed E-state index contributed by atoms with van der Waals surface area (Å²) >= 11 is 1.59. The second-order valence-electron chi connectivity index (χ2n) is 6.91. The first-order valence-corrected chi connectivity index (χ1v) is 9.74. The van der Waals surface area contributed by atoms with Crippen molar-refractivity contribution in [1.82, 2.24) is 10.2 Å². The van der Waals surface area contributed by atoms with E-state index < -0.39 is 5.92 Å². The molecule has 2 amide bonds. The minimum absolute atomic E-state index is 0.000436. The number of nitrogens with zero attached hydrogens (tertiary/aromatic N) is 1. The van der Waals surface area contributed by atoms with E-state index in [-0.39, 0.29) is 17.9 Å². The molecule has 2 atom stereocenters. The molecule has 0 fully saturated rings. The number of amides is 2. The number of benzene rings is 1. The predicted octanol–water partition coefficient (Wildman–Crippen LogP) is 3.99. The van der Waals surface area contributed by atoms with Crippen molar-refractivity contribution in [2.24, 2.45) is 5.92 Å². The van der Waals surface area contributed by atoms with Crippen LogP contribution < -0.4 is 5.32 Å². The molecule has 0 spiro atoms. The Balaban J connectivity index is 2.14. The Kier molecular flexibility index (Phi) is 5.57. The van der Waals surface area contributed by atoms with E-state index in [1.165, 1.54) is 0 Å². The molecule has 0 saturated heterocycles. The molecule has 5 heteroatoms. The Morgan fingerprint density at radius 3 is 2.73 bits per heavy atom. The number of fused-ring (bicyclic) bond motifs is 1. The van der Waals surface area contributed by atoms with Crippen molar-refractivity contribution < 1.29 is 9.59 Å². The molecule has 0 saturated carbocycles. The minimum atomic E-state index is -0.429. The zero-order chi connectivity index (χ0) is 18.7. The van der Waals surface area contributed by atoms with Gasteiger partial charge in [0, 0.05) is 23.5 Å². The normalized spacial score (nSPS) is 19.3. The summed E-state index contributed by atoms with van der Waals surface area (Å²) in [6.45, 7) is 8.88. The predicted molar refractivity (Wildman–Crippen MR) is 105 cm³/mol. The molecular weight excluding hydrogens is 344 g/mol. The smallest absolute Gasteiger partial charge is 0.254 e. The molecule has 0 aliphatic carbocycles. The largest absolute Gasteiger partial charge is 0.352 e. The molecule has 1 N–H and O–H groups in total. The lowest BCUT2D eigenvalue weighted by molar-refractivity contribution is -0.124. The first-order valence-electron chi connectivity index (χ1n) is 8.86. The molecular formula is C21H24N2O2S. The van der Waals surface area contributed by atoms with Crippen LogP contribution in [0.2, 0.25) is 0 Å². The topological polar surface area (TPSA) is 49.4 Å². The maximum absolute atomic E-state index is 13.2. The van der Waals surface area contributed by atoms with Crippen LogP contribution in [0.1, 0.15) is 46.6 Å². The highest BCUT2D eigenvalue weighted by Crippen LogP contribution is 2.44. The molecule has 4 nitrogen and oxygen atoms in total. The highest BCUT2D eigenvalue weighted by molar-refractivity contribution is 7.10. The van der Waals surface area contributed by atoms with Crippen LogP contribution in [0.4, 0.5) is 0 Å². The summed E-state index contributed by atoms with van der Waals surface area (Å²) in [4.78, 5) is 29.2. The minimum Gasteiger partial charge on any atom is -0.352 e. The number of nitrogens with one attached hydrogen (secondary N) is 1. The molecule has 2 aromatic rings. The van der Waals surface area contributed by atoms with Gasteiger partial charge in [-0.05, 0) is 29.0 Å². The third-order valence-electron chi connectivity index (χ3n) is 4.54. The first kappa shape index (κ1) is 18.4. The van der Waals surface area contributed by atoms with Gasteiger partial charge in [-0.3, -0.25) is 9.59 Å². The molecule has 1 aliphatic heterocycles. The van der Waals surface area contributed by atoms with Crippen LogP contribution in [-0.2, 0) is 4.79 Å². The summed E-state index contributed by atoms with van der Waals surface area (Å²) in [7, 11) is 0. The first-order chi connectivity index (χ1) is 12.5. The van der Waals surface area contributed by atoms with Gasteiger partial charge in [0.05, 0.1) is 12.0 Å². The van der Waals surface area contributed by atoms with Gasteiger partial charge in [0.1, 0.15) is 0 Å². The van der Waals surface area contributed by atoms with Crippen molar-refractivity contribution in [2.45, 2.75) is 25.8 Å². The van der Waals surface area contributed by atoms with Crippen LogP contribution in [0, 0.1) is 5.92 Å². The van der Waals surface area contributed by atoms with Gasteiger partial charge in [0.25, 0.3) is 5.91 Å². The molecule has 0 bridgehead atoms. The second kappa shape index (κ2) is 7.87. The fraction of sp³-hybridized carbons (Fsp3) is 0.333. The van der Waals surface area contributed by atoms with Crippen LogP contribution >= 0.6 is 11.3 Å². The van der Waals surface area contributed by atoms with E-state index >= 15 is 0 Å². The van der Waals surface area contributed by atoms with Crippen LogP contribution in [-0.4, -0.2) is 29.8 Å². The van der Waals surface area contributed by atoms with Crippen molar-refractivity contribution in [2.75, 3.05) is 13.1 Å². The Labute approximate surface area is 158 Å². The van der Waals surface area contributed by atoms with Gasteiger partial charge in [-0.15, -0.1) is 17.9 Å². The summed E-state index contributed by atoms with van der Waals surface area (Å²) in [5.41, 5.74) is 1.43. The van der Waals surface area contributed by atoms with Gasteiger partial charge in [-0.25, -0.2) is 0 Å². The van der Waals surface area contributed by atoms with Gasteiger partial charge in [-0.2, -0.15) is 0 Å². The summed E-state index contributed by atoms with van der Waals surface area (Å²) in [6, 6.07) is 11.2. The van der Waals surface area contributed by atoms with E-state index in [0.29, 0.717) is 24.6 Å². The highest BCUT2D eigenvalue weighted by Gasteiger charge is 2.44. The standard InChI is InChI=1S/C21H24N2O2S/c1-4-11-22-20(24)18-15-8-5-6-9-16(15)21(25)23(13-14(2)3)19(18)17-10-7-12-26-17/h4-10,12,14,18-19H,1,11,13H2,2-3H3,(H,22,24)/t18-,19+/m0/s1. The van der Waals surface area contributed by atoms with Gasteiger partial charge in [0.2, 0.25) is 5.91 Å². The van der Waals surface area contributed by atoms with Crippen molar-refractivity contribution in [3.8, 4) is 0 Å². The molecule has 136 valence electrons. The fourth-order valence-electron chi connectivity index (χ4n) is 3.53. The van der Waals surface area contributed by atoms with Crippen LogP contribution in [0.3, 0.4) is 0 Å². The van der Waals surface area contributed by atoms with E-state index in [0.717, 1.165) is 10.4 Å². The lowest BCUT2D eigenvalue weighted by atomic mass is 9.81. The Morgan fingerprint density at radius 2 is 2.08 bits per heavy atom. The average molecular weight is 369 g/mol. The Morgan fingerprint density at radius 1 is 1.31 bits per heavy atom. The molecule has 2 heterocycles. The van der Waals surface area contributed by atoms with E-state index in [4.69, 9.17) is 0 Å². The number of carbonyl (C=O) groups is 2. The summed E-state index contributed by atoms with van der Waals surface area (Å²) in [6.07, 6.45) is 1.67. The summed E-state index contributed by atoms with van der Waals surface area (Å²) in [5, 5.41) is 4.93. The number of hydrogen-bond acceptors (Lipinski definition) is 3. The van der Waals surface area contributed by atoms with Crippen LogP contribution in [0.15, 0.2) is 54.4 Å². The fourth-order valence-corrected chi connectivity index (χ4v) is 4.40. The zero-order valence-corrected chi connectivity index (χ0v) is 16.0. The molecule has 0 radical (unpaired) electrons. The van der Waals surface area contributed by atoms with Crippen molar-refractivity contribution in [1.29, 1.82) is 0 Å². The van der Waals surface area contributed by atoms with Crippen molar-refractivity contribution >= 4 is 23.2 Å². The monoisotopic (exact) mass is 368 g/mol. The van der Waals surface area contributed by atoms with E-state index in [9.17, 15) is 9.59 Å². The summed E-state index contributed by atoms with van der Waals surface area (Å²) < 4.78 is 0. The highest BCUT2D eigenvalue weighted by atomic mass is 32.1. The van der Waals surface area contributed by atoms with E-state index in [1.54, 1.807) is 17.4 Å². The van der Waals surface area contributed by atoms with Crippen molar-refractivity contribution in [3.05, 3.63) is 70.4 Å². The quantitative estimate of drug-likeness (QED) is 0.784. The van der Waals surface area contributed by atoms with Gasteiger partial charge >= 0.3 is 0 Å². The third-order valence-corrected chi connectivity index (χ3v) is 5.48. The lowest BCUT2D eigenvalue weighted by Crippen LogP contribution is -2.48. The molecule has 0 unspecified atom stereocenters. The van der Waals surface area contributed by atoms with Gasteiger partial charge in [0.15, 0.2) is 0 Å². The summed E-state index contributed by atoms with van der Waals surface area (Å²) in [5.74, 6) is -0.192. The van der Waals surface area contributed by atoms with E-state index in [1.807, 2.05) is 46.7 Å².